The van der Waals surface area contributed by atoms with E-state index < -0.39 is 15.8 Å². The van der Waals surface area contributed by atoms with Crippen LogP contribution < -0.4 is 4.90 Å². The number of piperazine rings is 1. The highest BCUT2D eigenvalue weighted by Gasteiger charge is 2.42. The van der Waals surface area contributed by atoms with Crippen molar-refractivity contribution in [1.29, 1.82) is 0 Å². The summed E-state index contributed by atoms with van der Waals surface area (Å²) in [5, 5.41) is 4.64. The van der Waals surface area contributed by atoms with Crippen molar-refractivity contribution >= 4 is 33.2 Å². The Bertz CT molecular complexity index is 1160. The van der Waals surface area contributed by atoms with Crippen LogP contribution >= 0.6 is 11.6 Å². The number of halogens is 1. The monoisotopic (exact) mass is 509 g/mol. The molecule has 12 heteroatoms. The zero-order valence-corrected chi connectivity index (χ0v) is 20.6. The van der Waals surface area contributed by atoms with Gasteiger partial charge >= 0.3 is 0 Å². The van der Waals surface area contributed by atoms with E-state index in [4.69, 9.17) is 21.1 Å². The van der Waals surface area contributed by atoms with Crippen molar-refractivity contribution in [3.05, 3.63) is 41.0 Å². The number of hydrogen-bond donors (Lipinski definition) is 0. The molecule has 10 nitrogen and oxygen atoms in total. The lowest BCUT2D eigenvalue weighted by Gasteiger charge is -2.37. The summed E-state index contributed by atoms with van der Waals surface area (Å²) < 4.78 is 41.3. The first-order valence-corrected chi connectivity index (χ1v) is 13.2. The lowest BCUT2D eigenvalue weighted by atomic mass is 10.0. The second-order valence-electron chi connectivity index (χ2n) is 8.79. The fraction of sp³-hybridized carbons (Fsp3) is 0.545. The Morgan fingerprint density at radius 2 is 1.74 bits per heavy atom. The second-order valence-corrected chi connectivity index (χ2v) is 11.1. The highest BCUT2D eigenvalue weighted by Crippen LogP contribution is 2.32. The van der Waals surface area contributed by atoms with Crippen LogP contribution in [0.2, 0.25) is 5.02 Å². The minimum absolute atomic E-state index is 0.101. The van der Waals surface area contributed by atoms with Gasteiger partial charge in [0.25, 0.3) is 15.9 Å². The maximum atomic E-state index is 13.5. The van der Waals surface area contributed by atoms with E-state index in [0.29, 0.717) is 70.3 Å². The topological polar surface area (TPSA) is 97.2 Å². The van der Waals surface area contributed by atoms with Gasteiger partial charge in [-0.05, 0) is 18.2 Å². The van der Waals surface area contributed by atoms with Gasteiger partial charge in [-0.3, -0.25) is 9.48 Å². The number of sulfonamides is 1. The third-order valence-corrected chi connectivity index (χ3v) is 8.72. The van der Waals surface area contributed by atoms with Crippen LogP contribution in [0, 0.1) is 0 Å². The van der Waals surface area contributed by atoms with Gasteiger partial charge in [0.15, 0.2) is 5.79 Å². The van der Waals surface area contributed by atoms with Crippen molar-refractivity contribution < 1.29 is 22.7 Å². The summed E-state index contributed by atoms with van der Waals surface area (Å²) in [5.74, 6) is -0.944. The molecule has 1 aromatic heterocycles. The van der Waals surface area contributed by atoms with Gasteiger partial charge in [-0.25, -0.2) is 8.42 Å². The van der Waals surface area contributed by atoms with Crippen LogP contribution in [-0.2, 0) is 26.5 Å². The lowest BCUT2D eigenvalue weighted by molar-refractivity contribution is -0.181. The molecule has 3 aliphatic rings. The summed E-state index contributed by atoms with van der Waals surface area (Å²) in [5.41, 5.74) is 1.06. The minimum Gasteiger partial charge on any atom is -0.369 e. The van der Waals surface area contributed by atoms with Crippen molar-refractivity contribution in [3.63, 3.8) is 0 Å². The number of carbonyl (C=O) groups is 1. The highest BCUT2D eigenvalue weighted by molar-refractivity contribution is 7.89. The molecule has 3 fully saturated rings. The van der Waals surface area contributed by atoms with Gasteiger partial charge in [0.2, 0.25) is 5.03 Å². The van der Waals surface area contributed by atoms with Crippen LogP contribution in [0.25, 0.3) is 0 Å². The zero-order valence-electron chi connectivity index (χ0n) is 19.0. The van der Waals surface area contributed by atoms with Crippen LogP contribution in [-0.4, -0.2) is 91.6 Å². The largest absolute Gasteiger partial charge is 0.369 e. The molecule has 0 unspecified atom stereocenters. The van der Waals surface area contributed by atoms with Gasteiger partial charge in [-0.15, -0.1) is 0 Å². The van der Waals surface area contributed by atoms with E-state index in [-0.39, 0.29) is 16.5 Å². The van der Waals surface area contributed by atoms with Crippen LogP contribution in [0.1, 0.15) is 23.2 Å². The predicted molar refractivity (Wildman–Crippen MR) is 125 cm³/mol. The minimum atomic E-state index is -3.94. The van der Waals surface area contributed by atoms with E-state index in [2.05, 4.69) is 10.00 Å². The fourth-order valence-electron chi connectivity index (χ4n) is 4.79. The summed E-state index contributed by atoms with van der Waals surface area (Å²) in [6, 6.07) is 7.50. The fourth-order valence-corrected chi connectivity index (χ4v) is 6.52. The second kappa shape index (κ2) is 9.12. The summed E-state index contributed by atoms with van der Waals surface area (Å²) in [4.78, 5) is 17.1. The smallest absolute Gasteiger partial charge is 0.263 e. The molecule has 0 bridgehead atoms. The molecule has 0 N–H and O–H groups in total. The Labute approximate surface area is 204 Å². The maximum absolute atomic E-state index is 13.5. The van der Waals surface area contributed by atoms with Crippen molar-refractivity contribution in [2.24, 2.45) is 7.05 Å². The Morgan fingerprint density at radius 3 is 2.38 bits per heavy atom. The Hall–Kier alpha value is -2.18. The normalized spacial score (nSPS) is 21.4. The molecule has 1 aromatic carbocycles. The van der Waals surface area contributed by atoms with E-state index >= 15 is 0 Å². The maximum Gasteiger partial charge on any atom is 0.263 e. The Kier molecular flexibility index (Phi) is 6.32. The average Bonchev–Trinajstić information content (AvgIpc) is 3.46. The molecule has 5 rings (SSSR count). The summed E-state index contributed by atoms with van der Waals surface area (Å²) in [7, 11) is -2.32. The van der Waals surface area contributed by atoms with Gasteiger partial charge in [0.05, 0.1) is 18.8 Å². The van der Waals surface area contributed by atoms with Gasteiger partial charge < -0.3 is 19.3 Å². The molecule has 3 saturated heterocycles. The Morgan fingerprint density at radius 1 is 1.06 bits per heavy atom. The molecule has 0 radical (unpaired) electrons. The molecule has 0 saturated carbocycles. The van der Waals surface area contributed by atoms with Crippen molar-refractivity contribution in [2.45, 2.75) is 23.7 Å². The first-order chi connectivity index (χ1) is 16.3. The van der Waals surface area contributed by atoms with Crippen molar-refractivity contribution in [2.75, 3.05) is 57.4 Å². The number of anilines is 1. The summed E-state index contributed by atoms with van der Waals surface area (Å²) >= 11 is 6.10. The number of amides is 1. The first-order valence-electron chi connectivity index (χ1n) is 11.4. The molecule has 1 spiro atoms. The highest BCUT2D eigenvalue weighted by atomic mass is 35.5. The molecular formula is C22H28ClN5O5S. The summed E-state index contributed by atoms with van der Waals surface area (Å²) in [6.07, 6.45) is 2.61. The summed E-state index contributed by atoms with van der Waals surface area (Å²) in [6.45, 7) is 3.61. The van der Waals surface area contributed by atoms with E-state index in [1.54, 1.807) is 18.0 Å². The number of ether oxygens (including phenoxy) is 2. The Balaban J connectivity index is 1.30. The molecule has 4 heterocycles. The number of likely N-dealkylation sites (tertiary alicyclic amines) is 1. The van der Waals surface area contributed by atoms with Crippen LogP contribution in [0.4, 0.5) is 5.69 Å². The molecular weight excluding hydrogens is 482 g/mol. The quantitative estimate of drug-likeness (QED) is 0.617. The lowest BCUT2D eigenvalue weighted by Crippen LogP contribution is -2.49. The number of rotatable bonds is 4. The number of aryl methyl sites for hydroxylation is 1. The van der Waals surface area contributed by atoms with Gasteiger partial charge in [-0.2, -0.15) is 9.40 Å². The zero-order chi connectivity index (χ0) is 23.9. The number of piperidine rings is 1. The standard InChI is InChI=1S/C22H28ClN5O5S/c1-25-16-19(21(29)27-7-5-22(6-8-27)32-13-14-33-22)20(24-25)34(30,31)28-11-9-26(10-12-28)18-4-2-3-17(23)15-18/h2-4,15-16H,5-14H2,1H3. The molecule has 3 aliphatic heterocycles. The van der Waals surface area contributed by atoms with Crippen LogP contribution in [0.5, 0.6) is 0 Å². The van der Waals surface area contributed by atoms with E-state index in [1.165, 1.54) is 15.2 Å². The number of benzene rings is 1. The van der Waals surface area contributed by atoms with E-state index in [1.807, 2.05) is 18.2 Å². The third-order valence-electron chi connectivity index (χ3n) is 6.65. The molecule has 0 aliphatic carbocycles. The molecule has 1 amide bonds. The molecule has 2 aromatic rings. The SMILES string of the molecule is Cn1cc(C(=O)N2CCC3(CC2)OCCO3)c(S(=O)(=O)N2CCN(c3cccc(Cl)c3)CC2)n1. The number of hydrogen-bond acceptors (Lipinski definition) is 7. The van der Waals surface area contributed by atoms with Gasteiger partial charge in [0.1, 0.15) is 0 Å². The average molecular weight is 510 g/mol. The third kappa shape index (κ3) is 4.42. The van der Waals surface area contributed by atoms with Crippen LogP contribution in [0.15, 0.2) is 35.5 Å². The number of aromatic nitrogens is 2. The predicted octanol–water partition coefficient (Wildman–Crippen LogP) is 1.56. The first kappa shape index (κ1) is 23.6. The van der Waals surface area contributed by atoms with Crippen LogP contribution in [0.3, 0.4) is 0 Å². The van der Waals surface area contributed by atoms with Crippen molar-refractivity contribution in [1.82, 2.24) is 19.0 Å². The molecule has 0 atom stereocenters. The van der Waals surface area contributed by atoms with Gasteiger partial charge in [-0.1, -0.05) is 17.7 Å². The number of nitrogens with zero attached hydrogens (tertiary/aromatic N) is 5. The number of carbonyl (C=O) groups excluding carboxylic acids is 1. The van der Waals surface area contributed by atoms with Crippen molar-refractivity contribution in [3.8, 4) is 0 Å². The van der Waals surface area contributed by atoms with Gasteiger partial charge in [0, 0.05) is 76.1 Å². The molecule has 34 heavy (non-hydrogen) atoms. The van der Waals surface area contributed by atoms with E-state index in [0.717, 1.165) is 5.69 Å². The molecule has 184 valence electrons. The van der Waals surface area contributed by atoms with E-state index in [9.17, 15) is 13.2 Å².